The number of aryl methyl sites for hydroxylation is 1. The predicted molar refractivity (Wildman–Crippen MR) is 75.9 cm³/mol. The number of aliphatic carboxylic acids is 1. The summed E-state index contributed by atoms with van der Waals surface area (Å²) in [5.41, 5.74) is 1.76. The average Bonchev–Trinajstić information content (AvgIpc) is 2.69. The SMILES string of the molecule is CC1(C(=O)O)CCN(c2ncnc3c2CCCCC3)C1. The second-order valence-corrected chi connectivity index (χ2v) is 6.22. The molecule has 0 radical (unpaired) electrons. The van der Waals surface area contributed by atoms with Crippen LogP contribution < -0.4 is 4.90 Å². The second-order valence-electron chi connectivity index (χ2n) is 6.22. The molecule has 0 amide bonds. The molecular formula is C15H21N3O2. The molecule has 2 heterocycles. The first-order chi connectivity index (χ1) is 9.60. The highest BCUT2D eigenvalue weighted by atomic mass is 16.4. The molecule has 1 N–H and O–H groups in total. The van der Waals surface area contributed by atoms with E-state index in [9.17, 15) is 9.90 Å². The Balaban J connectivity index is 1.90. The maximum Gasteiger partial charge on any atom is 0.311 e. The summed E-state index contributed by atoms with van der Waals surface area (Å²) in [4.78, 5) is 22.4. The van der Waals surface area contributed by atoms with Gasteiger partial charge in [0, 0.05) is 24.3 Å². The Morgan fingerprint density at radius 2 is 2.10 bits per heavy atom. The smallest absolute Gasteiger partial charge is 0.311 e. The summed E-state index contributed by atoms with van der Waals surface area (Å²) in [5.74, 6) is 0.266. The molecule has 0 aromatic carbocycles. The molecule has 5 heteroatoms. The first-order valence-electron chi connectivity index (χ1n) is 7.41. The molecule has 108 valence electrons. The third-order valence-electron chi connectivity index (χ3n) is 4.64. The van der Waals surface area contributed by atoms with E-state index in [2.05, 4.69) is 14.9 Å². The number of aromatic nitrogens is 2. The predicted octanol–water partition coefficient (Wildman–Crippen LogP) is 2.05. The topological polar surface area (TPSA) is 66.3 Å². The number of carbonyl (C=O) groups is 1. The fourth-order valence-electron chi connectivity index (χ4n) is 3.27. The zero-order valence-corrected chi connectivity index (χ0v) is 11.9. The molecule has 1 saturated heterocycles. The third-order valence-corrected chi connectivity index (χ3v) is 4.64. The molecule has 1 aromatic heterocycles. The lowest BCUT2D eigenvalue weighted by Gasteiger charge is -2.23. The third kappa shape index (κ3) is 2.25. The minimum Gasteiger partial charge on any atom is -0.481 e. The lowest BCUT2D eigenvalue weighted by atomic mass is 9.90. The van der Waals surface area contributed by atoms with Gasteiger partial charge in [0.15, 0.2) is 0 Å². The quantitative estimate of drug-likeness (QED) is 0.837. The van der Waals surface area contributed by atoms with Gasteiger partial charge in [-0.15, -0.1) is 0 Å². The van der Waals surface area contributed by atoms with Crippen molar-refractivity contribution in [3.05, 3.63) is 17.6 Å². The second kappa shape index (κ2) is 5.04. The Labute approximate surface area is 119 Å². The summed E-state index contributed by atoms with van der Waals surface area (Å²) >= 11 is 0. The van der Waals surface area contributed by atoms with Gasteiger partial charge in [-0.1, -0.05) is 6.42 Å². The van der Waals surface area contributed by atoms with Gasteiger partial charge in [0.2, 0.25) is 0 Å². The van der Waals surface area contributed by atoms with Crippen LogP contribution in [0, 0.1) is 5.41 Å². The van der Waals surface area contributed by atoms with Gasteiger partial charge in [-0.05, 0) is 39.0 Å². The molecule has 0 bridgehead atoms. The molecule has 1 atom stereocenters. The fraction of sp³-hybridized carbons (Fsp3) is 0.667. The molecule has 5 nitrogen and oxygen atoms in total. The molecular weight excluding hydrogens is 254 g/mol. The Morgan fingerprint density at radius 1 is 1.30 bits per heavy atom. The first-order valence-corrected chi connectivity index (χ1v) is 7.41. The van der Waals surface area contributed by atoms with Crippen molar-refractivity contribution in [3.63, 3.8) is 0 Å². The van der Waals surface area contributed by atoms with Crippen LogP contribution >= 0.6 is 0 Å². The van der Waals surface area contributed by atoms with Crippen LogP contribution in [0.4, 0.5) is 5.82 Å². The minimum atomic E-state index is -0.708. The van der Waals surface area contributed by atoms with E-state index in [1.807, 2.05) is 6.92 Å². The van der Waals surface area contributed by atoms with Crippen molar-refractivity contribution in [2.45, 2.75) is 45.4 Å². The first kappa shape index (κ1) is 13.3. The van der Waals surface area contributed by atoms with Crippen molar-refractivity contribution in [2.75, 3.05) is 18.0 Å². The van der Waals surface area contributed by atoms with Gasteiger partial charge in [-0.3, -0.25) is 4.79 Å². The number of hydrogen-bond donors (Lipinski definition) is 1. The van der Waals surface area contributed by atoms with Gasteiger partial charge in [0.1, 0.15) is 12.1 Å². The van der Waals surface area contributed by atoms with Crippen molar-refractivity contribution < 1.29 is 9.90 Å². The van der Waals surface area contributed by atoms with E-state index in [1.165, 1.54) is 24.8 Å². The number of nitrogens with zero attached hydrogens (tertiary/aromatic N) is 3. The van der Waals surface area contributed by atoms with Crippen LogP contribution in [0.15, 0.2) is 6.33 Å². The molecule has 1 unspecified atom stereocenters. The van der Waals surface area contributed by atoms with Crippen molar-refractivity contribution in [1.29, 1.82) is 0 Å². The summed E-state index contributed by atoms with van der Waals surface area (Å²) in [7, 11) is 0. The van der Waals surface area contributed by atoms with Crippen LogP contribution in [-0.4, -0.2) is 34.1 Å². The van der Waals surface area contributed by atoms with Crippen LogP contribution in [0.1, 0.15) is 43.9 Å². The highest BCUT2D eigenvalue weighted by molar-refractivity contribution is 5.76. The molecule has 1 fully saturated rings. The lowest BCUT2D eigenvalue weighted by molar-refractivity contribution is -0.146. The summed E-state index contributed by atoms with van der Waals surface area (Å²) < 4.78 is 0. The molecule has 3 rings (SSSR count). The van der Waals surface area contributed by atoms with E-state index < -0.39 is 11.4 Å². The highest BCUT2D eigenvalue weighted by Gasteiger charge is 2.41. The number of carboxylic acid groups (broad SMARTS) is 1. The van der Waals surface area contributed by atoms with Gasteiger partial charge in [0.25, 0.3) is 0 Å². The molecule has 1 aliphatic carbocycles. The molecule has 1 aromatic rings. The molecule has 0 spiro atoms. The Hall–Kier alpha value is -1.65. The summed E-state index contributed by atoms with van der Waals surface area (Å²) in [6, 6.07) is 0. The van der Waals surface area contributed by atoms with Crippen molar-refractivity contribution in [3.8, 4) is 0 Å². The number of rotatable bonds is 2. The van der Waals surface area contributed by atoms with E-state index in [0.29, 0.717) is 13.0 Å². The summed E-state index contributed by atoms with van der Waals surface area (Å²) in [6.45, 7) is 3.15. The maximum atomic E-state index is 11.4. The van der Waals surface area contributed by atoms with E-state index in [-0.39, 0.29) is 0 Å². The number of fused-ring (bicyclic) bond motifs is 1. The van der Waals surface area contributed by atoms with Gasteiger partial charge >= 0.3 is 5.97 Å². The lowest BCUT2D eigenvalue weighted by Crippen LogP contribution is -2.32. The van der Waals surface area contributed by atoms with Crippen LogP contribution in [0.25, 0.3) is 0 Å². The minimum absolute atomic E-state index is 0.547. The molecule has 2 aliphatic rings. The monoisotopic (exact) mass is 275 g/mol. The van der Waals surface area contributed by atoms with Crippen LogP contribution in [0.2, 0.25) is 0 Å². The van der Waals surface area contributed by atoms with Gasteiger partial charge < -0.3 is 10.0 Å². The van der Waals surface area contributed by atoms with E-state index in [0.717, 1.165) is 30.9 Å². The fourth-order valence-corrected chi connectivity index (χ4v) is 3.27. The normalized spacial score (nSPS) is 26.1. The van der Waals surface area contributed by atoms with Crippen molar-refractivity contribution >= 4 is 11.8 Å². The average molecular weight is 275 g/mol. The van der Waals surface area contributed by atoms with E-state index in [1.54, 1.807) is 6.33 Å². The Bertz CT molecular complexity index is 532. The van der Waals surface area contributed by atoms with Gasteiger partial charge in [-0.25, -0.2) is 9.97 Å². The number of anilines is 1. The standard InChI is InChI=1S/C15H21N3O2/c1-15(14(19)20)7-8-18(9-15)13-11-5-3-2-4-6-12(11)16-10-17-13/h10H,2-9H2,1H3,(H,19,20). The number of carboxylic acids is 1. The zero-order chi connectivity index (χ0) is 14.2. The Kier molecular flexibility index (Phi) is 3.36. The molecule has 1 aliphatic heterocycles. The molecule has 0 saturated carbocycles. The highest BCUT2D eigenvalue weighted by Crippen LogP contribution is 2.35. The van der Waals surface area contributed by atoms with Crippen LogP contribution in [-0.2, 0) is 17.6 Å². The zero-order valence-electron chi connectivity index (χ0n) is 11.9. The van der Waals surface area contributed by atoms with Crippen molar-refractivity contribution in [1.82, 2.24) is 9.97 Å². The summed E-state index contributed by atoms with van der Waals surface area (Å²) in [5, 5.41) is 9.36. The largest absolute Gasteiger partial charge is 0.481 e. The van der Waals surface area contributed by atoms with Crippen molar-refractivity contribution in [2.24, 2.45) is 5.41 Å². The van der Waals surface area contributed by atoms with Gasteiger partial charge in [0.05, 0.1) is 5.41 Å². The molecule has 20 heavy (non-hydrogen) atoms. The van der Waals surface area contributed by atoms with Gasteiger partial charge in [-0.2, -0.15) is 0 Å². The maximum absolute atomic E-state index is 11.4. The number of hydrogen-bond acceptors (Lipinski definition) is 4. The van der Waals surface area contributed by atoms with Crippen LogP contribution in [0.3, 0.4) is 0 Å². The van der Waals surface area contributed by atoms with E-state index in [4.69, 9.17) is 0 Å². The van der Waals surface area contributed by atoms with E-state index >= 15 is 0 Å². The summed E-state index contributed by atoms with van der Waals surface area (Å²) in [6.07, 6.45) is 7.97. The van der Waals surface area contributed by atoms with Crippen LogP contribution in [0.5, 0.6) is 0 Å². The Morgan fingerprint density at radius 3 is 2.85 bits per heavy atom.